The molecule has 1 amide bonds. The first kappa shape index (κ1) is 14.8. The molecule has 0 radical (unpaired) electrons. The van der Waals surface area contributed by atoms with Gasteiger partial charge in [0, 0.05) is 16.8 Å². The first-order valence-electron chi connectivity index (χ1n) is 6.38. The van der Waals surface area contributed by atoms with Crippen LogP contribution in [0.3, 0.4) is 0 Å². The summed E-state index contributed by atoms with van der Waals surface area (Å²) in [6.07, 6.45) is 3.47. The van der Waals surface area contributed by atoms with Crippen LogP contribution in [-0.4, -0.2) is 5.91 Å². The fourth-order valence-corrected chi connectivity index (χ4v) is 1.96. The Balaban J connectivity index is 1.99. The van der Waals surface area contributed by atoms with Crippen molar-refractivity contribution in [1.82, 2.24) is 0 Å². The Labute approximate surface area is 128 Å². The van der Waals surface area contributed by atoms with Gasteiger partial charge in [0.05, 0.1) is 12.5 Å². The Morgan fingerprint density at radius 2 is 1.90 bits per heavy atom. The Morgan fingerprint density at radius 1 is 1.19 bits per heavy atom. The van der Waals surface area contributed by atoms with Gasteiger partial charge in [0.1, 0.15) is 0 Å². The van der Waals surface area contributed by atoms with E-state index in [0.29, 0.717) is 17.1 Å². The Morgan fingerprint density at radius 3 is 2.57 bits per heavy atom. The lowest BCUT2D eigenvalue weighted by molar-refractivity contribution is -0.111. The highest BCUT2D eigenvalue weighted by Gasteiger charge is 1.99. The van der Waals surface area contributed by atoms with Crippen LogP contribution in [0.4, 0.5) is 5.69 Å². The van der Waals surface area contributed by atoms with Gasteiger partial charge in [0.25, 0.3) is 0 Å². The molecule has 0 aromatic heterocycles. The Kier molecular flexibility index (Phi) is 5.14. The molecule has 0 saturated heterocycles. The molecule has 2 rings (SSSR count). The number of benzene rings is 2. The van der Waals surface area contributed by atoms with Crippen LogP contribution in [0.15, 0.2) is 54.6 Å². The van der Waals surface area contributed by atoms with E-state index in [9.17, 15) is 4.79 Å². The minimum atomic E-state index is -0.233. The number of nitrogens with one attached hydrogen (secondary N) is 1. The van der Waals surface area contributed by atoms with E-state index in [1.165, 1.54) is 6.08 Å². The van der Waals surface area contributed by atoms with Gasteiger partial charge in [-0.15, -0.1) is 0 Å². The number of halogens is 1. The highest BCUT2D eigenvalue weighted by molar-refractivity contribution is 6.32. The van der Waals surface area contributed by atoms with E-state index >= 15 is 0 Å². The summed E-state index contributed by atoms with van der Waals surface area (Å²) >= 11 is 6.01. The third-order valence-electron chi connectivity index (χ3n) is 2.82. The van der Waals surface area contributed by atoms with Gasteiger partial charge < -0.3 is 5.32 Å². The molecule has 0 bridgehead atoms. The molecule has 104 valence electrons. The second-order valence-corrected chi connectivity index (χ2v) is 4.78. The molecule has 1 N–H and O–H groups in total. The fraction of sp³-hybridized carbons (Fsp3) is 0.0588. The van der Waals surface area contributed by atoms with E-state index in [1.807, 2.05) is 30.3 Å². The van der Waals surface area contributed by atoms with Crippen LogP contribution in [0.1, 0.15) is 11.1 Å². The van der Waals surface area contributed by atoms with Crippen molar-refractivity contribution in [2.24, 2.45) is 0 Å². The molecule has 0 aliphatic heterocycles. The first-order chi connectivity index (χ1) is 10.2. The van der Waals surface area contributed by atoms with Gasteiger partial charge in [-0.05, 0) is 35.4 Å². The second-order valence-electron chi connectivity index (χ2n) is 4.38. The first-order valence-corrected chi connectivity index (χ1v) is 6.76. The number of hydrogen-bond donors (Lipinski definition) is 1. The van der Waals surface area contributed by atoms with E-state index in [2.05, 4.69) is 11.4 Å². The molecule has 0 spiro atoms. The van der Waals surface area contributed by atoms with Crippen LogP contribution >= 0.6 is 11.6 Å². The fourth-order valence-electron chi connectivity index (χ4n) is 1.76. The van der Waals surface area contributed by atoms with Crippen LogP contribution in [0, 0.1) is 11.3 Å². The number of carbonyl (C=O) groups excluding carboxylic acids is 1. The number of rotatable bonds is 4. The van der Waals surface area contributed by atoms with Gasteiger partial charge in [-0.25, -0.2) is 0 Å². The molecule has 2 aromatic carbocycles. The number of amides is 1. The smallest absolute Gasteiger partial charge is 0.248 e. The maximum absolute atomic E-state index is 11.8. The quantitative estimate of drug-likeness (QED) is 0.865. The number of nitriles is 1. The van der Waals surface area contributed by atoms with E-state index in [-0.39, 0.29) is 5.91 Å². The molecule has 0 unspecified atom stereocenters. The summed E-state index contributed by atoms with van der Waals surface area (Å²) in [5.41, 5.74) is 2.39. The van der Waals surface area contributed by atoms with Crippen molar-refractivity contribution >= 4 is 29.3 Å². The number of hydrogen-bond acceptors (Lipinski definition) is 2. The average Bonchev–Trinajstić information content (AvgIpc) is 2.49. The Hall–Kier alpha value is -2.57. The van der Waals surface area contributed by atoms with Gasteiger partial charge in [0.2, 0.25) is 5.91 Å². The van der Waals surface area contributed by atoms with E-state index < -0.39 is 0 Å². The monoisotopic (exact) mass is 296 g/mol. The molecular formula is C17H13ClN2O. The van der Waals surface area contributed by atoms with Crippen molar-refractivity contribution in [3.63, 3.8) is 0 Å². The lowest BCUT2D eigenvalue weighted by atomic mass is 10.1. The zero-order chi connectivity index (χ0) is 15.1. The highest BCUT2D eigenvalue weighted by Crippen LogP contribution is 2.16. The SMILES string of the molecule is N#CCc1ccc(NC(=O)/C=C/c2ccccc2Cl)cc1. The topological polar surface area (TPSA) is 52.9 Å². The van der Waals surface area contributed by atoms with Gasteiger partial charge in [-0.1, -0.05) is 41.9 Å². The molecule has 0 aliphatic carbocycles. The minimum Gasteiger partial charge on any atom is -0.323 e. The Bertz CT molecular complexity index is 699. The second kappa shape index (κ2) is 7.28. The third kappa shape index (κ3) is 4.48. The van der Waals surface area contributed by atoms with E-state index in [4.69, 9.17) is 16.9 Å². The zero-order valence-electron chi connectivity index (χ0n) is 11.2. The average molecular weight is 297 g/mol. The normalized spacial score (nSPS) is 10.3. The maximum Gasteiger partial charge on any atom is 0.248 e. The van der Waals surface area contributed by atoms with Crippen molar-refractivity contribution in [3.8, 4) is 6.07 Å². The summed E-state index contributed by atoms with van der Waals surface area (Å²) < 4.78 is 0. The molecule has 0 heterocycles. The van der Waals surface area contributed by atoms with Crippen LogP contribution < -0.4 is 5.32 Å². The summed E-state index contributed by atoms with van der Waals surface area (Å²) in [5, 5.41) is 11.9. The summed E-state index contributed by atoms with van der Waals surface area (Å²) in [6, 6.07) is 16.6. The maximum atomic E-state index is 11.8. The van der Waals surface area contributed by atoms with E-state index in [1.54, 1.807) is 24.3 Å². The van der Waals surface area contributed by atoms with Crippen molar-refractivity contribution in [1.29, 1.82) is 5.26 Å². The number of anilines is 1. The molecule has 0 aliphatic rings. The number of carbonyl (C=O) groups is 1. The van der Waals surface area contributed by atoms with Gasteiger partial charge in [-0.3, -0.25) is 4.79 Å². The third-order valence-corrected chi connectivity index (χ3v) is 3.17. The lowest BCUT2D eigenvalue weighted by Crippen LogP contribution is -2.07. The van der Waals surface area contributed by atoms with Crippen LogP contribution in [-0.2, 0) is 11.2 Å². The lowest BCUT2D eigenvalue weighted by Gasteiger charge is -2.03. The summed E-state index contributed by atoms with van der Waals surface area (Å²) in [7, 11) is 0. The highest BCUT2D eigenvalue weighted by atomic mass is 35.5. The van der Waals surface area contributed by atoms with Crippen LogP contribution in [0.5, 0.6) is 0 Å². The van der Waals surface area contributed by atoms with Crippen molar-refractivity contribution in [2.45, 2.75) is 6.42 Å². The molecule has 0 fully saturated rings. The largest absolute Gasteiger partial charge is 0.323 e. The summed E-state index contributed by atoms with van der Waals surface area (Å²) in [5.74, 6) is -0.233. The van der Waals surface area contributed by atoms with Crippen molar-refractivity contribution < 1.29 is 4.79 Å². The predicted octanol–water partition coefficient (Wildman–Crippen LogP) is 4.06. The molecular weight excluding hydrogens is 284 g/mol. The molecule has 2 aromatic rings. The molecule has 0 saturated carbocycles. The van der Waals surface area contributed by atoms with Gasteiger partial charge in [0.15, 0.2) is 0 Å². The van der Waals surface area contributed by atoms with Crippen molar-refractivity contribution in [3.05, 3.63) is 70.8 Å². The minimum absolute atomic E-state index is 0.233. The predicted molar refractivity (Wildman–Crippen MR) is 84.9 cm³/mol. The zero-order valence-corrected chi connectivity index (χ0v) is 12.0. The number of nitrogens with zero attached hydrogens (tertiary/aromatic N) is 1. The van der Waals surface area contributed by atoms with Gasteiger partial charge in [-0.2, -0.15) is 5.26 Å². The van der Waals surface area contributed by atoms with Crippen LogP contribution in [0.2, 0.25) is 5.02 Å². The molecule has 3 nitrogen and oxygen atoms in total. The molecule has 4 heteroatoms. The summed E-state index contributed by atoms with van der Waals surface area (Å²) in [6.45, 7) is 0. The van der Waals surface area contributed by atoms with E-state index in [0.717, 1.165) is 11.1 Å². The summed E-state index contributed by atoms with van der Waals surface area (Å²) in [4.78, 5) is 11.8. The van der Waals surface area contributed by atoms with Crippen LogP contribution in [0.25, 0.3) is 6.08 Å². The standard InChI is InChI=1S/C17H13ClN2O/c18-16-4-2-1-3-14(16)7-10-17(21)20-15-8-5-13(6-9-15)11-12-19/h1-10H,11H2,(H,20,21)/b10-7+. The van der Waals surface area contributed by atoms with Gasteiger partial charge >= 0.3 is 0 Å². The van der Waals surface area contributed by atoms with Crippen molar-refractivity contribution in [2.75, 3.05) is 5.32 Å². The molecule has 21 heavy (non-hydrogen) atoms. The molecule has 0 atom stereocenters.